The maximum absolute atomic E-state index is 13.2. The van der Waals surface area contributed by atoms with Crippen LogP contribution in [0.1, 0.15) is 34.5 Å². The van der Waals surface area contributed by atoms with Crippen LogP contribution in [0.3, 0.4) is 0 Å². The van der Waals surface area contributed by atoms with Crippen molar-refractivity contribution in [2.24, 2.45) is 5.92 Å². The van der Waals surface area contributed by atoms with Gasteiger partial charge in [-0.2, -0.15) is 5.10 Å². The Bertz CT molecular complexity index is 925. The molecule has 4 rings (SSSR count). The highest BCUT2D eigenvalue weighted by molar-refractivity contribution is 6.06. The second kappa shape index (κ2) is 6.90. The number of hydrogen-bond acceptors (Lipinski definition) is 3. The van der Waals surface area contributed by atoms with E-state index < -0.39 is 0 Å². The van der Waals surface area contributed by atoms with Crippen LogP contribution in [0, 0.1) is 19.8 Å². The van der Waals surface area contributed by atoms with E-state index >= 15 is 0 Å². The first kappa shape index (κ1) is 16.8. The number of nitrogens with zero attached hydrogens (tertiary/aromatic N) is 4. The summed E-state index contributed by atoms with van der Waals surface area (Å²) in [6.07, 6.45) is 5.86. The van der Waals surface area contributed by atoms with Crippen molar-refractivity contribution in [3.05, 3.63) is 59.5 Å². The fraction of sp³-hybridized carbons (Fsp3) is 0.381. The molecule has 134 valence electrons. The van der Waals surface area contributed by atoms with Crippen LogP contribution in [0.15, 0.2) is 42.7 Å². The van der Waals surface area contributed by atoms with Crippen LogP contribution in [0.4, 0.5) is 0 Å². The first-order valence-corrected chi connectivity index (χ1v) is 9.25. The second-order valence-electron chi connectivity index (χ2n) is 7.25. The molecule has 1 fully saturated rings. The number of aromatic nitrogens is 3. The lowest BCUT2D eigenvalue weighted by Gasteiger charge is -2.32. The Balaban J connectivity index is 1.52. The zero-order valence-corrected chi connectivity index (χ0v) is 15.4. The zero-order valence-electron chi connectivity index (χ0n) is 15.4. The largest absolute Gasteiger partial charge is 0.339 e. The van der Waals surface area contributed by atoms with Crippen LogP contribution in [-0.2, 0) is 6.54 Å². The molecule has 0 N–H and O–H groups in total. The van der Waals surface area contributed by atoms with Crippen molar-refractivity contribution in [2.75, 3.05) is 13.1 Å². The van der Waals surface area contributed by atoms with E-state index in [4.69, 9.17) is 0 Å². The molecule has 1 amide bonds. The van der Waals surface area contributed by atoms with E-state index in [0.717, 1.165) is 60.2 Å². The molecule has 1 aliphatic heterocycles. The van der Waals surface area contributed by atoms with Crippen LogP contribution < -0.4 is 0 Å². The molecule has 3 aromatic rings. The molecular formula is C21H24N4O. The monoisotopic (exact) mass is 348 g/mol. The topological polar surface area (TPSA) is 51.0 Å². The van der Waals surface area contributed by atoms with E-state index in [1.807, 2.05) is 66.2 Å². The van der Waals surface area contributed by atoms with Gasteiger partial charge in [-0.1, -0.05) is 18.2 Å². The minimum Gasteiger partial charge on any atom is -0.339 e. The van der Waals surface area contributed by atoms with Crippen molar-refractivity contribution in [1.29, 1.82) is 0 Å². The molecule has 0 unspecified atom stereocenters. The number of rotatable bonds is 3. The molecular weight excluding hydrogens is 324 g/mol. The third kappa shape index (κ3) is 3.21. The molecule has 2 aromatic heterocycles. The van der Waals surface area contributed by atoms with Gasteiger partial charge in [-0.25, -0.2) is 0 Å². The van der Waals surface area contributed by atoms with Gasteiger partial charge in [0, 0.05) is 43.1 Å². The van der Waals surface area contributed by atoms with Gasteiger partial charge >= 0.3 is 0 Å². The molecule has 0 spiro atoms. The van der Waals surface area contributed by atoms with Crippen molar-refractivity contribution < 1.29 is 4.79 Å². The lowest BCUT2D eigenvalue weighted by Crippen LogP contribution is -2.39. The minimum absolute atomic E-state index is 0.128. The zero-order chi connectivity index (χ0) is 18.1. The van der Waals surface area contributed by atoms with Gasteiger partial charge in [-0.3, -0.25) is 14.5 Å². The number of likely N-dealkylation sites (tertiary alicyclic amines) is 1. The summed E-state index contributed by atoms with van der Waals surface area (Å²) in [5, 5.41) is 5.25. The van der Waals surface area contributed by atoms with E-state index in [2.05, 4.69) is 10.1 Å². The molecule has 5 nitrogen and oxygen atoms in total. The molecule has 0 saturated carbocycles. The van der Waals surface area contributed by atoms with E-state index in [9.17, 15) is 4.79 Å². The van der Waals surface area contributed by atoms with E-state index in [1.165, 1.54) is 0 Å². The number of carbonyl (C=O) groups is 1. The number of pyridine rings is 1. The highest BCUT2D eigenvalue weighted by atomic mass is 16.2. The normalized spacial score (nSPS) is 15.5. The van der Waals surface area contributed by atoms with Gasteiger partial charge in [-0.05, 0) is 50.3 Å². The lowest BCUT2D eigenvalue weighted by atomic mass is 9.95. The van der Waals surface area contributed by atoms with Gasteiger partial charge in [0.25, 0.3) is 5.91 Å². The van der Waals surface area contributed by atoms with E-state index in [0.29, 0.717) is 5.92 Å². The summed E-state index contributed by atoms with van der Waals surface area (Å²) < 4.78 is 1.99. The molecule has 3 heterocycles. The highest BCUT2D eigenvalue weighted by Crippen LogP contribution is 2.25. The molecule has 5 heteroatoms. The average molecular weight is 348 g/mol. The smallest absolute Gasteiger partial charge is 0.254 e. The van der Waals surface area contributed by atoms with Crippen molar-refractivity contribution >= 4 is 16.8 Å². The van der Waals surface area contributed by atoms with E-state index in [1.54, 1.807) is 0 Å². The number of para-hydroxylation sites is 1. The van der Waals surface area contributed by atoms with Crippen LogP contribution in [0.5, 0.6) is 0 Å². The molecule has 1 saturated heterocycles. The van der Waals surface area contributed by atoms with Crippen molar-refractivity contribution in [3.63, 3.8) is 0 Å². The highest BCUT2D eigenvalue weighted by Gasteiger charge is 2.25. The number of hydrogen-bond donors (Lipinski definition) is 0. The molecule has 0 radical (unpaired) electrons. The SMILES string of the molecule is Cc1cc(C(=O)N2CCC(Cn3cccn3)CC2)c2cccc(C)c2n1. The Kier molecular flexibility index (Phi) is 4.45. The van der Waals surface area contributed by atoms with Crippen LogP contribution in [0.25, 0.3) is 10.9 Å². The van der Waals surface area contributed by atoms with Gasteiger partial charge in [0.15, 0.2) is 0 Å². The molecule has 0 bridgehead atoms. The number of benzene rings is 1. The van der Waals surface area contributed by atoms with Crippen LogP contribution >= 0.6 is 0 Å². The fourth-order valence-electron chi connectivity index (χ4n) is 3.86. The Morgan fingerprint density at radius 2 is 2.00 bits per heavy atom. The molecule has 1 aromatic carbocycles. The third-order valence-corrected chi connectivity index (χ3v) is 5.31. The predicted molar refractivity (Wildman–Crippen MR) is 102 cm³/mol. The lowest BCUT2D eigenvalue weighted by molar-refractivity contribution is 0.0683. The number of carbonyl (C=O) groups excluding carboxylic acids is 1. The molecule has 0 aliphatic carbocycles. The fourth-order valence-corrected chi connectivity index (χ4v) is 3.86. The first-order chi connectivity index (χ1) is 12.6. The van der Waals surface area contributed by atoms with Gasteiger partial charge in [0.2, 0.25) is 0 Å². The van der Waals surface area contributed by atoms with Crippen LogP contribution in [0.2, 0.25) is 0 Å². The molecule has 0 atom stereocenters. The maximum atomic E-state index is 13.2. The summed E-state index contributed by atoms with van der Waals surface area (Å²) in [5.41, 5.74) is 3.72. The Morgan fingerprint density at radius 3 is 2.73 bits per heavy atom. The number of amides is 1. The Hall–Kier alpha value is -2.69. The predicted octanol–water partition coefficient (Wildman–Crippen LogP) is 3.60. The van der Waals surface area contributed by atoms with Gasteiger partial charge < -0.3 is 4.90 Å². The summed E-state index contributed by atoms with van der Waals surface area (Å²) >= 11 is 0. The summed E-state index contributed by atoms with van der Waals surface area (Å²) in [6, 6.07) is 9.94. The molecule has 26 heavy (non-hydrogen) atoms. The summed E-state index contributed by atoms with van der Waals surface area (Å²) in [7, 11) is 0. The third-order valence-electron chi connectivity index (χ3n) is 5.31. The van der Waals surface area contributed by atoms with Gasteiger partial charge in [0.1, 0.15) is 0 Å². The first-order valence-electron chi connectivity index (χ1n) is 9.25. The standard InChI is InChI=1S/C21H24N4O/c1-15-5-3-6-18-19(13-16(2)23-20(15)18)21(26)24-11-7-17(8-12-24)14-25-10-4-9-22-25/h3-6,9-10,13,17H,7-8,11-12,14H2,1-2H3. The summed E-state index contributed by atoms with van der Waals surface area (Å²) in [4.78, 5) is 19.8. The van der Waals surface area contributed by atoms with Gasteiger partial charge in [0.05, 0.1) is 11.1 Å². The second-order valence-corrected chi connectivity index (χ2v) is 7.25. The van der Waals surface area contributed by atoms with Crippen LogP contribution in [-0.4, -0.2) is 38.7 Å². The number of aryl methyl sites for hydroxylation is 2. The number of piperidine rings is 1. The summed E-state index contributed by atoms with van der Waals surface area (Å²) in [5.74, 6) is 0.709. The average Bonchev–Trinajstić information content (AvgIpc) is 3.15. The van der Waals surface area contributed by atoms with Crippen molar-refractivity contribution in [3.8, 4) is 0 Å². The summed E-state index contributed by atoms with van der Waals surface area (Å²) in [6.45, 7) is 6.55. The van der Waals surface area contributed by atoms with Gasteiger partial charge in [-0.15, -0.1) is 0 Å². The molecule has 1 aliphatic rings. The quantitative estimate of drug-likeness (QED) is 0.727. The minimum atomic E-state index is 0.128. The van der Waals surface area contributed by atoms with Crippen molar-refractivity contribution in [1.82, 2.24) is 19.7 Å². The van der Waals surface area contributed by atoms with Crippen molar-refractivity contribution in [2.45, 2.75) is 33.2 Å². The maximum Gasteiger partial charge on any atom is 0.254 e. The Labute approximate surface area is 153 Å². The Morgan fingerprint density at radius 1 is 1.19 bits per heavy atom. The number of fused-ring (bicyclic) bond motifs is 1. The van der Waals surface area contributed by atoms with E-state index in [-0.39, 0.29) is 5.91 Å².